The number of hydrogen-bond acceptors (Lipinski definition) is 4. The van der Waals surface area contributed by atoms with Gasteiger partial charge < -0.3 is 10.2 Å². The Morgan fingerprint density at radius 3 is 2.46 bits per heavy atom. The van der Waals surface area contributed by atoms with E-state index in [1.165, 1.54) is 12.1 Å². The molecule has 1 aliphatic heterocycles. The van der Waals surface area contributed by atoms with E-state index in [4.69, 9.17) is 5.10 Å². The second-order valence-corrected chi connectivity index (χ2v) is 6.74. The molecule has 1 atom stereocenters. The second kappa shape index (κ2) is 8.08. The predicted molar refractivity (Wildman–Crippen MR) is 108 cm³/mol. The third-order valence-electron chi connectivity index (χ3n) is 4.75. The Kier molecular flexibility index (Phi) is 5.76. The van der Waals surface area contributed by atoms with Gasteiger partial charge in [0, 0.05) is 50.7 Å². The summed E-state index contributed by atoms with van der Waals surface area (Å²) in [4.78, 5) is 18.3. The number of nitrogens with one attached hydrogen (secondary N) is 1. The van der Waals surface area contributed by atoms with Gasteiger partial charge in [0.05, 0.1) is 5.69 Å². The van der Waals surface area contributed by atoms with Crippen LogP contribution in [0.3, 0.4) is 0 Å². The van der Waals surface area contributed by atoms with Crippen molar-refractivity contribution in [2.75, 3.05) is 20.6 Å². The summed E-state index contributed by atoms with van der Waals surface area (Å²) in [5, 5.41) is 8.13. The number of fused-ring (bicyclic) bond motifs is 1. The van der Waals surface area contributed by atoms with E-state index in [0.717, 1.165) is 28.1 Å². The number of halogens is 2. The fraction of sp³-hybridized carbons (Fsp3) is 0.250. The summed E-state index contributed by atoms with van der Waals surface area (Å²) in [6, 6.07) is 9.69. The number of benzene rings is 1. The van der Waals surface area contributed by atoms with E-state index < -0.39 is 6.04 Å². The summed E-state index contributed by atoms with van der Waals surface area (Å²) < 4.78 is 15.2. The molecule has 28 heavy (non-hydrogen) atoms. The number of rotatable bonds is 3. The number of pyridine rings is 1. The van der Waals surface area contributed by atoms with E-state index in [1.54, 1.807) is 43.5 Å². The minimum Gasteiger partial charge on any atom is -0.347 e. The van der Waals surface area contributed by atoms with Gasteiger partial charge in [0.15, 0.2) is 0 Å². The number of aromatic nitrogens is 3. The van der Waals surface area contributed by atoms with Gasteiger partial charge in [-0.25, -0.2) is 4.39 Å². The highest BCUT2D eigenvalue weighted by molar-refractivity contribution is 5.86. The van der Waals surface area contributed by atoms with Gasteiger partial charge in [-0.15, -0.1) is 12.4 Å². The minimum atomic E-state index is -0.418. The molecule has 146 valence electrons. The molecule has 0 fully saturated rings. The second-order valence-electron chi connectivity index (χ2n) is 6.74. The van der Waals surface area contributed by atoms with E-state index >= 15 is 0 Å². The van der Waals surface area contributed by atoms with Crippen LogP contribution in [0.2, 0.25) is 0 Å². The summed E-state index contributed by atoms with van der Waals surface area (Å²) in [7, 11) is 3.48. The molecular formula is C20H21ClFN5O. The van der Waals surface area contributed by atoms with Crippen LogP contribution in [0.25, 0.3) is 22.4 Å². The lowest BCUT2D eigenvalue weighted by molar-refractivity contribution is -0.132. The van der Waals surface area contributed by atoms with Crippen molar-refractivity contribution in [3.63, 3.8) is 0 Å². The maximum absolute atomic E-state index is 13.4. The fourth-order valence-corrected chi connectivity index (χ4v) is 3.43. The highest BCUT2D eigenvalue weighted by atomic mass is 35.5. The third kappa shape index (κ3) is 3.50. The van der Waals surface area contributed by atoms with Crippen molar-refractivity contribution in [2.24, 2.45) is 0 Å². The van der Waals surface area contributed by atoms with Crippen molar-refractivity contribution in [2.45, 2.75) is 12.6 Å². The summed E-state index contributed by atoms with van der Waals surface area (Å²) in [6.07, 6.45) is 3.46. The Morgan fingerprint density at radius 1 is 1.14 bits per heavy atom. The molecule has 0 bridgehead atoms. The van der Waals surface area contributed by atoms with Crippen LogP contribution in [0.5, 0.6) is 0 Å². The molecular weight excluding hydrogens is 381 g/mol. The average Bonchev–Trinajstić information content (AvgIpc) is 3.08. The number of amides is 1. The van der Waals surface area contributed by atoms with Gasteiger partial charge in [0.2, 0.25) is 5.91 Å². The first-order valence-corrected chi connectivity index (χ1v) is 8.76. The van der Waals surface area contributed by atoms with Crippen LogP contribution in [-0.2, 0) is 11.3 Å². The molecule has 6 nitrogen and oxygen atoms in total. The molecule has 0 saturated heterocycles. The molecule has 0 spiro atoms. The summed E-state index contributed by atoms with van der Waals surface area (Å²) in [5.74, 6) is -0.312. The number of likely N-dealkylation sites (N-methyl/N-ethyl adjacent to an activating group) is 1. The van der Waals surface area contributed by atoms with Crippen LogP contribution in [0, 0.1) is 5.82 Å². The van der Waals surface area contributed by atoms with Crippen LogP contribution in [-0.4, -0.2) is 46.2 Å². The van der Waals surface area contributed by atoms with Crippen LogP contribution < -0.4 is 5.32 Å². The summed E-state index contributed by atoms with van der Waals surface area (Å²) in [5.41, 5.74) is 4.38. The number of carbonyl (C=O) groups is 1. The Morgan fingerprint density at radius 2 is 1.82 bits per heavy atom. The number of carbonyl (C=O) groups excluding carboxylic acids is 1. The zero-order valence-electron chi connectivity index (χ0n) is 15.6. The van der Waals surface area contributed by atoms with Gasteiger partial charge in [-0.1, -0.05) is 0 Å². The van der Waals surface area contributed by atoms with Crippen LogP contribution >= 0.6 is 12.4 Å². The molecule has 4 rings (SSSR count). The molecule has 0 saturated carbocycles. The van der Waals surface area contributed by atoms with Crippen molar-refractivity contribution in [1.82, 2.24) is 25.0 Å². The molecule has 1 N–H and O–H groups in total. The van der Waals surface area contributed by atoms with Crippen molar-refractivity contribution < 1.29 is 9.18 Å². The van der Waals surface area contributed by atoms with E-state index in [2.05, 4.69) is 10.3 Å². The Labute approximate surface area is 168 Å². The predicted octanol–water partition coefficient (Wildman–Crippen LogP) is 2.91. The number of nitrogens with zero attached hydrogens (tertiary/aromatic N) is 4. The monoisotopic (exact) mass is 401 g/mol. The zero-order valence-corrected chi connectivity index (χ0v) is 16.4. The van der Waals surface area contributed by atoms with Gasteiger partial charge in [0.25, 0.3) is 0 Å². The molecule has 2 aromatic heterocycles. The summed E-state index contributed by atoms with van der Waals surface area (Å²) in [6.45, 7) is 1.12. The maximum atomic E-state index is 13.4. The normalized spacial score (nSPS) is 15.5. The molecule has 3 aromatic rings. The highest BCUT2D eigenvalue weighted by Crippen LogP contribution is 2.37. The largest absolute Gasteiger partial charge is 0.347 e. The fourth-order valence-electron chi connectivity index (χ4n) is 3.43. The van der Waals surface area contributed by atoms with E-state index in [9.17, 15) is 9.18 Å². The van der Waals surface area contributed by atoms with Gasteiger partial charge in [-0.05, 0) is 42.0 Å². The van der Waals surface area contributed by atoms with E-state index in [-0.39, 0.29) is 24.1 Å². The quantitative estimate of drug-likeness (QED) is 0.733. The van der Waals surface area contributed by atoms with Gasteiger partial charge in [-0.2, -0.15) is 5.10 Å². The lowest BCUT2D eigenvalue weighted by Crippen LogP contribution is -2.42. The van der Waals surface area contributed by atoms with Crippen molar-refractivity contribution in [1.29, 1.82) is 0 Å². The third-order valence-corrected chi connectivity index (χ3v) is 4.75. The average molecular weight is 402 g/mol. The first-order chi connectivity index (χ1) is 13.1. The molecule has 3 heterocycles. The molecule has 1 aliphatic rings. The topological polar surface area (TPSA) is 63.1 Å². The van der Waals surface area contributed by atoms with Crippen LogP contribution in [0.1, 0.15) is 11.7 Å². The molecule has 1 aromatic carbocycles. The molecule has 0 aliphatic carbocycles. The number of hydrogen-bond donors (Lipinski definition) is 1. The molecule has 0 radical (unpaired) electrons. The van der Waals surface area contributed by atoms with E-state index in [0.29, 0.717) is 13.1 Å². The van der Waals surface area contributed by atoms with Crippen molar-refractivity contribution in [3.05, 3.63) is 60.3 Å². The molecule has 1 amide bonds. The smallest absolute Gasteiger partial charge is 0.248 e. The first kappa shape index (κ1) is 20.0. The highest BCUT2D eigenvalue weighted by Gasteiger charge is 2.32. The Balaban J connectivity index is 0.00000225. The lowest BCUT2D eigenvalue weighted by atomic mass is 9.99. The van der Waals surface area contributed by atoms with Crippen LogP contribution in [0.4, 0.5) is 4.39 Å². The van der Waals surface area contributed by atoms with Gasteiger partial charge in [-0.3, -0.25) is 14.5 Å². The van der Waals surface area contributed by atoms with Crippen LogP contribution in [0.15, 0.2) is 48.8 Å². The lowest BCUT2D eigenvalue weighted by Gasteiger charge is -2.27. The Hall–Kier alpha value is -2.77. The van der Waals surface area contributed by atoms with Gasteiger partial charge >= 0.3 is 0 Å². The molecule has 8 heteroatoms. The first-order valence-electron chi connectivity index (χ1n) is 8.76. The minimum absolute atomic E-state index is 0. The molecule has 0 unspecified atom stereocenters. The van der Waals surface area contributed by atoms with Gasteiger partial charge in [0.1, 0.15) is 17.6 Å². The van der Waals surface area contributed by atoms with Crippen molar-refractivity contribution >= 4 is 18.3 Å². The maximum Gasteiger partial charge on any atom is 0.248 e. The SMILES string of the molecule is CN(C)C(=O)[C@H]1CNCc2c(-c3ccncc3)c(-c3ccc(F)cc3)nn21.Cl. The zero-order chi connectivity index (χ0) is 19.0. The Bertz CT molecular complexity index is 972. The van der Waals surface area contributed by atoms with E-state index in [1.807, 2.05) is 16.8 Å². The standard InChI is InChI=1S/C20H20FN5O.ClH/c1-25(2)20(27)17-12-23-11-16-18(13-7-9-22-10-8-13)19(24-26(16)17)14-3-5-15(21)6-4-14;/h3-10,17,23H,11-12H2,1-2H3;1H/t17-;/m1./s1. The van der Waals surface area contributed by atoms with Crippen molar-refractivity contribution in [3.8, 4) is 22.4 Å². The summed E-state index contributed by atoms with van der Waals surface area (Å²) >= 11 is 0.